The molecule has 2 aromatic carbocycles. The minimum atomic E-state index is -0.446. The average Bonchev–Trinajstić information content (AvgIpc) is 3.43. The monoisotopic (exact) mass is 430 g/mol. The Bertz CT molecular complexity index is 1290. The zero-order valence-corrected chi connectivity index (χ0v) is 17.7. The smallest absolute Gasteiger partial charge is 0.311 e. The van der Waals surface area contributed by atoms with Gasteiger partial charge in [0, 0.05) is 6.54 Å². The largest absolute Gasteiger partial charge is 0.469 e. The van der Waals surface area contributed by atoms with Crippen molar-refractivity contribution in [2.45, 2.75) is 19.9 Å². The fourth-order valence-electron chi connectivity index (χ4n) is 3.40. The number of hydrogen-bond acceptors (Lipinski definition) is 6. The van der Waals surface area contributed by atoms with Crippen molar-refractivity contribution in [3.63, 3.8) is 0 Å². The Balaban J connectivity index is 1.67. The summed E-state index contributed by atoms with van der Waals surface area (Å²) in [6.45, 7) is 2.41. The number of aromatic nitrogens is 5. The Morgan fingerprint density at radius 1 is 1.06 bits per heavy atom. The molecular formula is C23H22N6O3. The normalized spacial score (nSPS) is 11.5. The lowest BCUT2D eigenvalue weighted by atomic mass is 10.1. The Hall–Kier alpha value is -4.27. The van der Waals surface area contributed by atoms with Crippen LogP contribution in [0.1, 0.15) is 23.7 Å². The number of esters is 1. The maximum absolute atomic E-state index is 13.2. The Morgan fingerprint density at radius 3 is 2.41 bits per heavy atom. The molecule has 0 spiro atoms. The number of aromatic amines is 1. The fourth-order valence-corrected chi connectivity index (χ4v) is 3.40. The van der Waals surface area contributed by atoms with E-state index in [2.05, 4.69) is 20.3 Å². The molecule has 0 fully saturated rings. The average molecular weight is 430 g/mol. The molecule has 2 heterocycles. The highest BCUT2D eigenvalue weighted by Crippen LogP contribution is 2.17. The molecule has 0 radical (unpaired) electrons. The number of hydrogen-bond donors (Lipinski definition) is 1. The van der Waals surface area contributed by atoms with E-state index in [1.165, 1.54) is 11.8 Å². The molecule has 0 aliphatic heterocycles. The van der Waals surface area contributed by atoms with E-state index in [1.807, 2.05) is 59.2 Å². The maximum atomic E-state index is 13.2. The van der Waals surface area contributed by atoms with Gasteiger partial charge in [0.1, 0.15) is 12.7 Å². The van der Waals surface area contributed by atoms with Crippen LogP contribution in [0.25, 0.3) is 5.69 Å². The number of para-hydroxylation sites is 1. The van der Waals surface area contributed by atoms with Crippen molar-refractivity contribution < 1.29 is 9.53 Å². The summed E-state index contributed by atoms with van der Waals surface area (Å²) < 4.78 is 8.08. The molecule has 0 atom stereocenters. The van der Waals surface area contributed by atoms with E-state index < -0.39 is 5.97 Å². The first-order valence-corrected chi connectivity index (χ1v) is 9.98. The van der Waals surface area contributed by atoms with Gasteiger partial charge in [-0.3, -0.25) is 19.7 Å². The van der Waals surface area contributed by atoms with Gasteiger partial charge in [-0.2, -0.15) is 0 Å². The van der Waals surface area contributed by atoms with Gasteiger partial charge in [-0.05, 0) is 36.8 Å². The Labute approximate surface area is 184 Å². The fraction of sp³-hybridized carbons (Fsp3) is 0.174. The molecule has 4 rings (SSSR count). The molecule has 0 aliphatic carbocycles. The molecule has 0 unspecified atom stereocenters. The number of carbonyl (C=O) groups excluding carboxylic acids is 1. The van der Waals surface area contributed by atoms with Crippen LogP contribution in [0.2, 0.25) is 0 Å². The lowest BCUT2D eigenvalue weighted by Gasteiger charge is -2.04. The molecule has 4 aromatic rings. The molecular weight excluding hydrogens is 408 g/mol. The zero-order valence-electron chi connectivity index (χ0n) is 17.7. The third kappa shape index (κ3) is 4.56. The van der Waals surface area contributed by atoms with Crippen molar-refractivity contribution in [3.8, 4) is 5.69 Å². The molecule has 0 bridgehead atoms. The van der Waals surface area contributed by atoms with E-state index in [-0.39, 0.29) is 12.0 Å². The van der Waals surface area contributed by atoms with Gasteiger partial charge in [-0.1, -0.05) is 30.3 Å². The highest BCUT2D eigenvalue weighted by Gasteiger charge is 2.20. The van der Waals surface area contributed by atoms with Crippen LogP contribution in [0.15, 0.2) is 77.0 Å². The third-order valence-electron chi connectivity index (χ3n) is 4.96. The lowest BCUT2D eigenvalue weighted by Crippen LogP contribution is -2.20. The number of benzene rings is 2. The molecule has 162 valence electrons. The summed E-state index contributed by atoms with van der Waals surface area (Å²) in [5, 5.41) is 10.6. The van der Waals surface area contributed by atoms with Crippen molar-refractivity contribution in [1.82, 2.24) is 24.5 Å². The second kappa shape index (κ2) is 9.25. The molecule has 32 heavy (non-hydrogen) atoms. The van der Waals surface area contributed by atoms with Crippen LogP contribution in [0.5, 0.6) is 0 Å². The molecule has 0 saturated heterocycles. The van der Waals surface area contributed by atoms with Crippen LogP contribution in [0.4, 0.5) is 5.69 Å². The van der Waals surface area contributed by atoms with Gasteiger partial charge < -0.3 is 9.30 Å². The molecule has 9 heteroatoms. The predicted molar refractivity (Wildman–Crippen MR) is 120 cm³/mol. The number of H-pyrrole nitrogens is 1. The first kappa shape index (κ1) is 21.0. The molecule has 1 N–H and O–H groups in total. The van der Waals surface area contributed by atoms with Crippen LogP contribution in [-0.2, 0) is 22.5 Å². The molecule has 0 saturated carbocycles. The Kier molecular flexibility index (Phi) is 6.07. The number of nitrogens with zero attached hydrogens (tertiary/aromatic N) is 5. The third-order valence-corrected chi connectivity index (χ3v) is 4.96. The summed E-state index contributed by atoms with van der Waals surface area (Å²) in [4.78, 5) is 29.8. The number of methoxy groups -OCH3 is 1. The molecule has 9 nitrogen and oxygen atoms in total. The van der Waals surface area contributed by atoms with Gasteiger partial charge in [-0.25, -0.2) is 4.68 Å². The zero-order chi connectivity index (χ0) is 22.5. The topological polar surface area (TPSA) is 107 Å². The number of nitrogens with one attached hydrogen (secondary N) is 1. The first-order valence-electron chi connectivity index (χ1n) is 9.98. The van der Waals surface area contributed by atoms with Gasteiger partial charge in [-0.15, -0.1) is 10.2 Å². The highest BCUT2D eigenvalue weighted by molar-refractivity contribution is 6.01. The summed E-state index contributed by atoms with van der Waals surface area (Å²) in [6.07, 6.45) is 3.25. The van der Waals surface area contributed by atoms with Crippen molar-refractivity contribution in [3.05, 3.63) is 94.4 Å². The van der Waals surface area contributed by atoms with Crippen LogP contribution >= 0.6 is 0 Å². The number of carbonyl (C=O) groups is 1. The van der Waals surface area contributed by atoms with Gasteiger partial charge in [0.05, 0.1) is 41.9 Å². The first-order chi connectivity index (χ1) is 15.5. The van der Waals surface area contributed by atoms with E-state index in [9.17, 15) is 9.59 Å². The van der Waals surface area contributed by atoms with Gasteiger partial charge >= 0.3 is 5.97 Å². The van der Waals surface area contributed by atoms with E-state index >= 15 is 0 Å². The van der Waals surface area contributed by atoms with E-state index in [0.29, 0.717) is 34.9 Å². The van der Waals surface area contributed by atoms with Crippen molar-refractivity contribution in [1.29, 1.82) is 0 Å². The van der Waals surface area contributed by atoms with Crippen LogP contribution in [0, 0.1) is 0 Å². The van der Waals surface area contributed by atoms with Crippen molar-refractivity contribution >= 4 is 17.4 Å². The summed E-state index contributed by atoms with van der Waals surface area (Å²) in [7, 11) is 1.32. The van der Waals surface area contributed by atoms with Gasteiger partial charge in [0.25, 0.3) is 5.56 Å². The summed E-state index contributed by atoms with van der Waals surface area (Å²) >= 11 is 0. The quantitative estimate of drug-likeness (QED) is 0.358. The highest BCUT2D eigenvalue weighted by atomic mass is 16.5. The van der Waals surface area contributed by atoms with Gasteiger partial charge in [0.2, 0.25) is 0 Å². The second-order valence-corrected chi connectivity index (χ2v) is 7.19. The minimum absolute atomic E-state index is 0.0638. The molecule has 2 aromatic heterocycles. The van der Waals surface area contributed by atoms with Crippen LogP contribution in [-0.4, -0.2) is 43.3 Å². The number of aliphatic imine (C=N–C) groups is 1. The standard InChI is InChI=1S/C23H22N6O3/c1-16(26-18-10-8-17(9-11-18)13-28-14-24-25-15-28)22-20(12-21(30)32-2)27-29(23(22)31)19-6-4-3-5-7-19/h3-11,14-15,27H,12-13H2,1-2H3. The molecule has 0 amide bonds. The van der Waals surface area contributed by atoms with Gasteiger partial charge in [0.15, 0.2) is 0 Å². The van der Waals surface area contributed by atoms with Crippen molar-refractivity contribution in [2.75, 3.05) is 7.11 Å². The van der Waals surface area contributed by atoms with E-state index in [0.717, 1.165) is 5.56 Å². The molecule has 0 aliphatic rings. The number of rotatable bonds is 7. The summed E-state index contributed by atoms with van der Waals surface area (Å²) in [6, 6.07) is 16.8. The SMILES string of the molecule is COC(=O)Cc1[nH]n(-c2ccccc2)c(=O)c1C(C)=Nc1ccc(Cn2cnnc2)cc1. The maximum Gasteiger partial charge on any atom is 0.311 e. The summed E-state index contributed by atoms with van der Waals surface area (Å²) in [5.74, 6) is -0.446. The number of ether oxygens (including phenoxy) is 1. The van der Waals surface area contributed by atoms with Crippen LogP contribution < -0.4 is 5.56 Å². The minimum Gasteiger partial charge on any atom is -0.469 e. The Morgan fingerprint density at radius 2 is 1.75 bits per heavy atom. The summed E-state index contributed by atoms with van der Waals surface area (Å²) in [5.41, 5.74) is 3.48. The van der Waals surface area contributed by atoms with E-state index in [1.54, 1.807) is 19.6 Å². The lowest BCUT2D eigenvalue weighted by molar-refractivity contribution is -0.139. The second-order valence-electron chi connectivity index (χ2n) is 7.19. The van der Waals surface area contributed by atoms with Crippen molar-refractivity contribution in [2.24, 2.45) is 4.99 Å². The van der Waals surface area contributed by atoms with Crippen LogP contribution in [0.3, 0.4) is 0 Å². The predicted octanol–water partition coefficient (Wildman–Crippen LogP) is 2.66. The van der Waals surface area contributed by atoms with E-state index in [4.69, 9.17) is 4.74 Å².